The van der Waals surface area contributed by atoms with Crippen LogP contribution in [0, 0.1) is 0 Å². The quantitative estimate of drug-likeness (QED) is 0.550. The van der Waals surface area contributed by atoms with Gasteiger partial charge in [-0.05, 0) is 42.3 Å². The number of benzene rings is 2. The zero-order chi connectivity index (χ0) is 19.2. The lowest BCUT2D eigenvalue weighted by Crippen LogP contribution is -2.12. The molecule has 2 aromatic carbocycles. The molecular formula is C18H17Cl3N4O2. The minimum atomic E-state index is 0.287. The van der Waals surface area contributed by atoms with E-state index in [0.717, 1.165) is 11.1 Å². The Morgan fingerprint density at radius 2 is 1.67 bits per heavy atom. The number of hydrogen-bond acceptors (Lipinski definition) is 5. The highest BCUT2D eigenvalue weighted by Gasteiger charge is 2.13. The second-order valence-corrected chi connectivity index (χ2v) is 6.80. The molecule has 3 rings (SSSR count). The van der Waals surface area contributed by atoms with Gasteiger partial charge in [0.15, 0.2) is 11.5 Å². The van der Waals surface area contributed by atoms with Crippen LogP contribution >= 0.6 is 34.8 Å². The first-order chi connectivity index (χ1) is 13.1. The van der Waals surface area contributed by atoms with Gasteiger partial charge >= 0.3 is 0 Å². The maximum atomic E-state index is 6.44. The summed E-state index contributed by atoms with van der Waals surface area (Å²) >= 11 is 18.4. The van der Waals surface area contributed by atoms with Crippen LogP contribution < -0.4 is 14.9 Å². The lowest BCUT2D eigenvalue weighted by Gasteiger charge is -2.16. The van der Waals surface area contributed by atoms with Gasteiger partial charge < -0.3 is 14.9 Å². The Balaban J connectivity index is 1.75. The Hall–Kier alpha value is -2.15. The molecule has 1 N–H and O–H groups in total. The van der Waals surface area contributed by atoms with Crippen LogP contribution in [0.1, 0.15) is 18.1 Å². The van der Waals surface area contributed by atoms with Crippen LogP contribution in [-0.4, -0.2) is 21.5 Å². The van der Waals surface area contributed by atoms with Crippen LogP contribution in [0.15, 0.2) is 43.0 Å². The summed E-state index contributed by atoms with van der Waals surface area (Å²) in [5, 5.41) is 8.91. The van der Waals surface area contributed by atoms with Gasteiger partial charge in [0.05, 0.1) is 28.2 Å². The van der Waals surface area contributed by atoms with Crippen LogP contribution in [0.4, 0.5) is 0 Å². The van der Waals surface area contributed by atoms with Gasteiger partial charge in [-0.25, -0.2) is 4.68 Å². The normalized spacial score (nSPS) is 10.7. The van der Waals surface area contributed by atoms with Crippen molar-refractivity contribution in [3.05, 3.63) is 69.2 Å². The lowest BCUT2D eigenvalue weighted by atomic mass is 10.2. The molecule has 0 aliphatic rings. The third-order valence-corrected chi connectivity index (χ3v) is 4.64. The first-order valence-electron chi connectivity index (χ1n) is 8.17. The summed E-state index contributed by atoms with van der Waals surface area (Å²) in [7, 11) is 0. The van der Waals surface area contributed by atoms with Crippen molar-refractivity contribution in [1.29, 1.82) is 0 Å². The first kappa shape index (κ1) is 19.6. The van der Waals surface area contributed by atoms with E-state index in [4.69, 9.17) is 44.3 Å². The molecule has 9 heteroatoms. The first-order valence-corrected chi connectivity index (χ1v) is 9.30. The third kappa shape index (κ3) is 5.19. The summed E-state index contributed by atoms with van der Waals surface area (Å²) in [5.41, 5.74) is 4.94. The lowest BCUT2D eigenvalue weighted by molar-refractivity contribution is 0.269. The minimum Gasteiger partial charge on any atom is -0.490 e. The summed E-state index contributed by atoms with van der Waals surface area (Å²) in [6, 6.07) is 9.05. The third-order valence-electron chi connectivity index (χ3n) is 3.62. The average molecular weight is 428 g/mol. The predicted molar refractivity (Wildman–Crippen MR) is 107 cm³/mol. The molecule has 0 saturated carbocycles. The summed E-state index contributed by atoms with van der Waals surface area (Å²) < 4.78 is 13.3. The smallest absolute Gasteiger partial charge is 0.180 e. The fourth-order valence-electron chi connectivity index (χ4n) is 2.38. The standard InChI is InChI=1S/C18H17Cl3N4O2/c1-2-26-17-7-13(8-24-25-10-22-23-11-25)6-16(21)18(17)27-9-12-3-4-14(19)15(20)5-12/h3-7,10-11,24H,2,8-9H2,1H3. The second-order valence-electron chi connectivity index (χ2n) is 5.58. The Labute approximate surface area is 171 Å². The van der Waals surface area contributed by atoms with Crippen LogP contribution in [-0.2, 0) is 13.2 Å². The van der Waals surface area contributed by atoms with Crippen molar-refractivity contribution in [2.75, 3.05) is 12.0 Å². The number of hydrogen-bond donors (Lipinski definition) is 1. The molecular weight excluding hydrogens is 411 g/mol. The predicted octanol–water partition coefficient (Wildman–Crippen LogP) is 4.96. The molecule has 0 fully saturated rings. The fourth-order valence-corrected chi connectivity index (χ4v) is 2.98. The molecule has 1 aromatic heterocycles. The zero-order valence-electron chi connectivity index (χ0n) is 14.5. The van der Waals surface area contributed by atoms with E-state index >= 15 is 0 Å². The number of halogens is 3. The Morgan fingerprint density at radius 1 is 0.926 bits per heavy atom. The van der Waals surface area contributed by atoms with Gasteiger partial charge in [0, 0.05) is 0 Å². The van der Waals surface area contributed by atoms with E-state index in [-0.39, 0.29) is 6.61 Å². The van der Waals surface area contributed by atoms with E-state index in [1.165, 1.54) is 0 Å². The topological polar surface area (TPSA) is 61.2 Å². The highest BCUT2D eigenvalue weighted by Crippen LogP contribution is 2.37. The molecule has 6 nitrogen and oxygen atoms in total. The monoisotopic (exact) mass is 426 g/mol. The number of rotatable bonds is 8. The molecule has 3 aromatic rings. The van der Waals surface area contributed by atoms with Crippen molar-refractivity contribution >= 4 is 34.8 Å². The number of nitrogens with zero attached hydrogens (tertiary/aromatic N) is 3. The second kappa shape index (κ2) is 9.17. The molecule has 27 heavy (non-hydrogen) atoms. The Morgan fingerprint density at radius 3 is 2.37 bits per heavy atom. The van der Waals surface area contributed by atoms with Crippen molar-refractivity contribution < 1.29 is 9.47 Å². The molecule has 0 unspecified atom stereocenters. The van der Waals surface area contributed by atoms with Gasteiger partial charge in [-0.1, -0.05) is 40.9 Å². The molecule has 0 saturated heterocycles. The summed E-state index contributed by atoms with van der Waals surface area (Å²) in [6.07, 6.45) is 3.14. The van der Waals surface area contributed by atoms with E-state index in [9.17, 15) is 0 Å². The summed E-state index contributed by atoms with van der Waals surface area (Å²) in [5.74, 6) is 1.06. The maximum Gasteiger partial charge on any atom is 0.180 e. The average Bonchev–Trinajstić information content (AvgIpc) is 3.16. The molecule has 0 spiro atoms. The van der Waals surface area contributed by atoms with E-state index in [2.05, 4.69) is 15.6 Å². The van der Waals surface area contributed by atoms with Gasteiger partial charge in [-0.2, -0.15) is 0 Å². The summed E-state index contributed by atoms with van der Waals surface area (Å²) in [6.45, 7) is 3.19. The van der Waals surface area contributed by atoms with Gasteiger partial charge in [0.1, 0.15) is 19.3 Å². The molecule has 0 aliphatic heterocycles. The fraction of sp³-hybridized carbons (Fsp3) is 0.222. The van der Waals surface area contributed by atoms with E-state index in [1.807, 2.05) is 25.1 Å². The van der Waals surface area contributed by atoms with Crippen LogP contribution in [0.2, 0.25) is 15.1 Å². The van der Waals surface area contributed by atoms with Crippen LogP contribution in [0.25, 0.3) is 0 Å². The zero-order valence-corrected chi connectivity index (χ0v) is 16.7. The summed E-state index contributed by atoms with van der Waals surface area (Å²) in [4.78, 5) is 0. The maximum absolute atomic E-state index is 6.44. The Bertz CT molecular complexity index is 904. The highest BCUT2D eigenvalue weighted by atomic mass is 35.5. The van der Waals surface area contributed by atoms with E-state index in [1.54, 1.807) is 29.5 Å². The van der Waals surface area contributed by atoms with E-state index in [0.29, 0.717) is 39.7 Å². The van der Waals surface area contributed by atoms with Gasteiger partial charge in [0.2, 0.25) is 0 Å². The SMILES string of the molecule is CCOc1cc(CNn2cnnc2)cc(Cl)c1OCc1ccc(Cl)c(Cl)c1. The van der Waals surface area contributed by atoms with Crippen molar-refractivity contribution in [2.45, 2.75) is 20.1 Å². The highest BCUT2D eigenvalue weighted by molar-refractivity contribution is 6.42. The number of ether oxygens (including phenoxy) is 2. The van der Waals surface area contributed by atoms with Gasteiger partial charge in [-0.3, -0.25) is 0 Å². The van der Waals surface area contributed by atoms with E-state index < -0.39 is 0 Å². The van der Waals surface area contributed by atoms with Crippen molar-refractivity contribution in [1.82, 2.24) is 14.9 Å². The largest absolute Gasteiger partial charge is 0.490 e. The number of nitrogens with one attached hydrogen (secondary N) is 1. The van der Waals surface area contributed by atoms with Crippen LogP contribution in [0.5, 0.6) is 11.5 Å². The molecule has 0 bridgehead atoms. The molecule has 0 atom stereocenters. The molecule has 0 aliphatic carbocycles. The number of aromatic nitrogens is 3. The van der Waals surface area contributed by atoms with Crippen LogP contribution in [0.3, 0.4) is 0 Å². The van der Waals surface area contributed by atoms with Crippen molar-refractivity contribution in [2.24, 2.45) is 0 Å². The molecule has 0 radical (unpaired) electrons. The molecule has 1 heterocycles. The molecule has 0 amide bonds. The van der Waals surface area contributed by atoms with Gasteiger partial charge in [0.25, 0.3) is 0 Å². The van der Waals surface area contributed by atoms with Crippen molar-refractivity contribution in [3.63, 3.8) is 0 Å². The minimum absolute atomic E-state index is 0.287. The van der Waals surface area contributed by atoms with Crippen molar-refractivity contribution in [3.8, 4) is 11.5 Å². The van der Waals surface area contributed by atoms with Gasteiger partial charge in [-0.15, -0.1) is 10.2 Å². The molecule has 142 valence electrons. The Kier molecular flexibility index (Phi) is 6.66.